The van der Waals surface area contributed by atoms with Gasteiger partial charge < -0.3 is 15.2 Å². The molecule has 0 atom stereocenters. The average Bonchev–Trinajstić information content (AvgIpc) is 2.37. The van der Waals surface area contributed by atoms with Gasteiger partial charge in [0, 0.05) is 13.0 Å². The van der Waals surface area contributed by atoms with Crippen molar-refractivity contribution in [2.75, 3.05) is 13.2 Å². The molecule has 1 amide bonds. The minimum Gasteiger partial charge on any atom is -0.466 e. The maximum atomic E-state index is 11.3. The Morgan fingerprint density at radius 3 is 2.37 bits per heavy atom. The van der Waals surface area contributed by atoms with E-state index in [4.69, 9.17) is 9.84 Å². The Hall–Kier alpha value is -1.26. The molecular weight excluding hydrogens is 246 g/mol. The third-order valence-corrected chi connectivity index (χ3v) is 2.84. The van der Waals surface area contributed by atoms with Gasteiger partial charge in [-0.1, -0.05) is 39.0 Å². The van der Waals surface area contributed by atoms with Crippen LogP contribution in [0.25, 0.3) is 0 Å². The van der Waals surface area contributed by atoms with Crippen molar-refractivity contribution in [3.63, 3.8) is 0 Å². The van der Waals surface area contributed by atoms with Gasteiger partial charge in [0.1, 0.15) is 0 Å². The van der Waals surface area contributed by atoms with Crippen LogP contribution in [0.3, 0.4) is 0 Å². The van der Waals surface area contributed by atoms with E-state index in [0.29, 0.717) is 32.4 Å². The predicted octanol–water partition coefficient (Wildman–Crippen LogP) is 3.33. The first-order chi connectivity index (χ1) is 9.16. The second kappa shape index (κ2) is 13.2. The molecule has 0 bridgehead atoms. The number of carbonyl (C=O) groups excluding carboxylic acids is 1. The molecule has 112 valence electrons. The van der Waals surface area contributed by atoms with Crippen LogP contribution in [0.1, 0.15) is 64.7 Å². The predicted molar refractivity (Wildman–Crippen MR) is 74.2 cm³/mol. The number of ether oxygens (including phenoxy) is 1. The fraction of sp³-hybridized carbons (Fsp3) is 0.857. The highest BCUT2D eigenvalue weighted by atomic mass is 16.5. The van der Waals surface area contributed by atoms with E-state index in [1.165, 1.54) is 25.7 Å². The lowest BCUT2D eigenvalue weighted by Crippen LogP contribution is -2.22. The Labute approximate surface area is 115 Å². The molecule has 0 aromatic rings. The molecule has 0 saturated heterocycles. The average molecular weight is 273 g/mol. The summed E-state index contributed by atoms with van der Waals surface area (Å²) in [5.74, 6) is -0.137. The number of rotatable bonds is 12. The Balaban J connectivity index is 3.19. The first-order valence-electron chi connectivity index (χ1n) is 7.29. The first-order valence-corrected chi connectivity index (χ1v) is 7.29. The first kappa shape index (κ1) is 17.7. The van der Waals surface area contributed by atoms with E-state index in [2.05, 4.69) is 12.2 Å². The van der Waals surface area contributed by atoms with Crippen LogP contribution < -0.4 is 5.32 Å². The normalized spacial score (nSPS) is 10.2. The quantitative estimate of drug-likeness (QED) is 0.422. The van der Waals surface area contributed by atoms with Crippen LogP contribution in [-0.2, 0) is 9.53 Å². The second-order valence-electron chi connectivity index (χ2n) is 4.68. The number of unbranched alkanes of at least 4 members (excludes halogenated alkanes) is 6. The molecule has 0 spiro atoms. The molecule has 5 nitrogen and oxygen atoms in total. The van der Waals surface area contributed by atoms with Gasteiger partial charge in [-0.15, -0.1) is 0 Å². The molecular formula is C14H27NO4. The summed E-state index contributed by atoms with van der Waals surface area (Å²) in [4.78, 5) is 21.5. The highest BCUT2D eigenvalue weighted by Gasteiger charge is 2.02. The van der Waals surface area contributed by atoms with Crippen LogP contribution in [0.15, 0.2) is 0 Å². The number of carbonyl (C=O) groups is 2. The Kier molecular flexibility index (Phi) is 12.3. The molecule has 19 heavy (non-hydrogen) atoms. The van der Waals surface area contributed by atoms with Crippen molar-refractivity contribution in [3.8, 4) is 0 Å². The van der Waals surface area contributed by atoms with Gasteiger partial charge >= 0.3 is 12.1 Å². The smallest absolute Gasteiger partial charge is 0.404 e. The third-order valence-electron chi connectivity index (χ3n) is 2.84. The monoisotopic (exact) mass is 273 g/mol. The fourth-order valence-corrected chi connectivity index (χ4v) is 1.73. The van der Waals surface area contributed by atoms with Gasteiger partial charge in [-0.05, 0) is 19.3 Å². The minimum atomic E-state index is -1.01. The van der Waals surface area contributed by atoms with Crippen LogP contribution in [-0.4, -0.2) is 30.3 Å². The Bertz CT molecular complexity index is 244. The summed E-state index contributed by atoms with van der Waals surface area (Å²) < 4.78 is 5.06. The zero-order valence-corrected chi connectivity index (χ0v) is 12.0. The SMILES string of the molecule is CCCCCCCCC(=O)OCCCCNC(=O)O. The number of hydrogen-bond acceptors (Lipinski definition) is 3. The molecule has 0 fully saturated rings. The van der Waals surface area contributed by atoms with E-state index in [0.717, 1.165) is 12.8 Å². The van der Waals surface area contributed by atoms with Gasteiger partial charge in [0.05, 0.1) is 6.61 Å². The molecule has 0 aliphatic carbocycles. The van der Waals surface area contributed by atoms with Crippen LogP contribution in [0.2, 0.25) is 0 Å². The molecule has 5 heteroatoms. The topological polar surface area (TPSA) is 75.6 Å². The van der Waals surface area contributed by atoms with Crippen molar-refractivity contribution in [3.05, 3.63) is 0 Å². The number of hydrogen-bond donors (Lipinski definition) is 2. The van der Waals surface area contributed by atoms with Gasteiger partial charge in [0.25, 0.3) is 0 Å². The minimum absolute atomic E-state index is 0.137. The van der Waals surface area contributed by atoms with Crippen molar-refractivity contribution in [2.45, 2.75) is 64.7 Å². The van der Waals surface area contributed by atoms with Gasteiger partial charge in [-0.2, -0.15) is 0 Å². The highest BCUT2D eigenvalue weighted by Crippen LogP contribution is 2.07. The fourth-order valence-electron chi connectivity index (χ4n) is 1.73. The summed E-state index contributed by atoms with van der Waals surface area (Å²) in [5.41, 5.74) is 0. The Morgan fingerprint density at radius 2 is 1.68 bits per heavy atom. The third kappa shape index (κ3) is 14.7. The van der Waals surface area contributed by atoms with Gasteiger partial charge in [-0.3, -0.25) is 4.79 Å². The highest BCUT2D eigenvalue weighted by molar-refractivity contribution is 5.69. The number of nitrogens with one attached hydrogen (secondary N) is 1. The maximum absolute atomic E-state index is 11.3. The molecule has 0 aromatic carbocycles. The Morgan fingerprint density at radius 1 is 1.00 bits per heavy atom. The number of amides is 1. The van der Waals surface area contributed by atoms with Crippen molar-refractivity contribution < 1.29 is 19.4 Å². The molecule has 2 N–H and O–H groups in total. The van der Waals surface area contributed by atoms with Crippen molar-refractivity contribution >= 4 is 12.1 Å². The maximum Gasteiger partial charge on any atom is 0.404 e. The summed E-state index contributed by atoms with van der Waals surface area (Å²) in [7, 11) is 0. The van der Waals surface area contributed by atoms with Crippen molar-refractivity contribution in [2.24, 2.45) is 0 Å². The lowest BCUT2D eigenvalue weighted by atomic mass is 10.1. The van der Waals surface area contributed by atoms with Crippen LogP contribution in [0, 0.1) is 0 Å². The lowest BCUT2D eigenvalue weighted by molar-refractivity contribution is -0.143. The summed E-state index contributed by atoms with van der Waals surface area (Å²) in [5, 5.41) is 10.6. The summed E-state index contributed by atoms with van der Waals surface area (Å²) >= 11 is 0. The molecule has 0 rings (SSSR count). The van der Waals surface area contributed by atoms with Gasteiger partial charge in [-0.25, -0.2) is 4.79 Å². The molecule has 0 saturated carbocycles. The number of esters is 1. The summed E-state index contributed by atoms with van der Waals surface area (Å²) in [6, 6.07) is 0. The van der Waals surface area contributed by atoms with Crippen molar-refractivity contribution in [1.29, 1.82) is 0 Å². The summed E-state index contributed by atoms with van der Waals surface area (Å²) in [6.07, 6.45) is 7.83. The van der Waals surface area contributed by atoms with Crippen LogP contribution >= 0.6 is 0 Å². The zero-order valence-electron chi connectivity index (χ0n) is 12.0. The van der Waals surface area contributed by atoms with E-state index >= 15 is 0 Å². The zero-order chi connectivity index (χ0) is 14.3. The molecule has 0 radical (unpaired) electrons. The van der Waals surface area contributed by atoms with E-state index in [1.54, 1.807) is 0 Å². The lowest BCUT2D eigenvalue weighted by Gasteiger charge is -2.05. The second-order valence-corrected chi connectivity index (χ2v) is 4.68. The van der Waals surface area contributed by atoms with Crippen LogP contribution in [0.4, 0.5) is 4.79 Å². The molecule has 0 heterocycles. The molecule has 0 unspecified atom stereocenters. The standard InChI is InChI=1S/C14H27NO4/c1-2-3-4-5-6-7-10-13(16)19-12-9-8-11-15-14(17)18/h15H,2-12H2,1H3,(H,17,18). The van der Waals surface area contributed by atoms with Gasteiger partial charge in [0.2, 0.25) is 0 Å². The molecule has 0 aromatic heterocycles. The van der Waals surface area contributed by atoms with E-state index in [-0.39, 0.29) is 5.97 Å². The number of carboxylic acid groups (broad SMARTS) is 1. The van der Waals surface area contributed by atoms with E-state index in [1.807, 2.05) is 0 Å². The van der Waals surface area contributed by atoms with Crippen LogP contribution in [0.5, 0.6) is 0 Å². The van der Waals surface area contributed by atoms with E-state index in [9.17, 15) is 9.59 Å². The van der Waals surface area contributed by atoms with Gasteiger partial charge in [0.15, 0.2) is 0 Å². The largest absolute Gasteiger partial charge is 0.466 e. The molecule has 0 aliphatic heterocycles. The van der Waals surface area contributed by atoms with Crippen molar-refractivity contribution in [1.82, 2.24) is 5.32 Å². The summed E-state index contributed by atoms with van der Waals surface area (Å²) in [6.45, 7) is 2.98. The van der Waals surface area contributed by atoms with E-state index < -0.39 is 6.09 Å². The molecule has 0 aliphatic rings.